The van der Waals surface area contributed by atoms with Crippen molar-refractivity contribution in [3.05, 3.63) is 167 Å². The van der Waals surface area contributed by atoms with Crippen LogP contribution in [0.4, 0.5) is 22.7 Å². The number of fused-ring (bicyclic) bond motifs is 10. The second-order valence-corrected chi connectivity index (χ2v) is 15.3. The molecule has 2 heteroatoms. The van der Waals surface area contributed by atoms with E-state index in [0.717, 1.165) is 17.8 Å². The quantitative estimate of drug-likeness (QED) is 0.194. The first kappa shape index (κ1) is 29.8. The third kappa shape index (κ3) is 4.61. The molecule has 0 aromatic heterocycles. The number of nitrogens with one attached hydrogen (secondary N) is 2. The van der Waals surface area contributed by atoms with Crippen LogP contribution in [0.1, 0.15) is 91.5 Å². The van der Waals surface area contributed by atoms with Crippen molar-refractivity contribution in [2.45, 2.75) is 74.5 Å². The molecule has 0 aliphatic heterocycles. The molecule has 2 unspecified atom stereocenters. The van der Waals surface area contributed by atoms with Crippen LogP contribution in [-0.2, 0) is 10.8 Å². The molecular formula is C48H44N2. The van der Waals surface area contributed by atoms with Crippen LogP contribution < -0.4 is 10.6 Å². The lowest BCUT2D eigenvalue weighted by Crippen LogP contribution is -2.31. The zero-order valence-corrected chi connectivity index (χ0v) is 28.7. The average Bonchev–Trinajstić information content (AvgIpc) is 3.59. The van der Waals surface area contributed by atoms with E-state index in [-0.39, 0.29) is 10.8 Å². The Bertz CT molecular complexity index is 2210. The summed E-state index contributed by atoms with van der Waals surface area (Å²) in [5.74, 6) is 0.519. The van der Waals surface area contributed by atoms with Gasteiger partial charge in [-0.1, -0.05) is 123 Å². The molecule has 2 nitrogen and oxygen atoms in total. The van der Waals surface area contributed by atoms with E-state index < -0.39 is 0 Å². The topological polar surface area (TPSA) is 24.1 Å². The Hall–Kier alpha value is -5.08. The Labute approximate surface area is 296 Å². The smallest absolute Gasteiger partial charge is 0.0467 e. The number of anilines is 4. The molecule has 50 heavy (non-hydrogen) atoms. The fraction of sp³-hybridized carbons (Fsp3) is 0.250. The summed E-state index contributed by atoms with van der Waals surface area (Å²) in [7, 11) is 0. The summed E-state index contributed by atoms with van der Waals surface area (Å²) in [6, 6.07) is 52.4. The summed E-state index contributed by atoms with van der Waals surface area (Å²) in [5, 5.41) is 7.54. The van der Waals surface area contributed by atoms with Crippen molar-refractivity contribution >= 4 is 22.7 Å². The van der Waals surface area contributed by atoms with Crippen LogP contribution in [0.2, 0.25) is 0 Å². The maximum atomic E-state index is 3.78. The molecule has 246 valence electrons. The fourth-order valence-corrected chi connectivity index (χ4v) is 10.6. The van der Waals surface area contributed by atoms with Crippen LogP contribution in [0.3, 0.4) is 0 Å². The Balaban J connectivity index is 0.930. The lowest BCUT2D eigenvalue weighted by molar-refractivity contribution is 0.316. The van der Waals surface area contributed by atoms with E-state index in [4.69, 9.17) is 0 Å². The molecule has 0 bridgehead atoms. The molecule has 2 fully saturated rings. The highest BCUT2D eigenvalue weighted by Gasteiger charge is 2.47. The zero-order valence-electron chi connectivity index (χ0n) is 28.7. The predicted molar refractivity (Wildman–Crippen MR) is 209 cm³/mol. The van der Waals surface area contributed by atoms with Crippen molar-refractivity contribution in [2.24, 2.45) is 0 Å². The van der Waals surface area contributed by atoms with Gasteiger partial charge < -0.3 is 10.6 Å². The largest absolute Gasteiger partial charge is 0.356 e. The summed E-state index contributed by atoms with van der Waals surface area (Å²) >= 11 is 0. The maximum absolute atomic E-state index is 3.78. The van der Waals surface area contributed by atoms with Crippen molar-refractivity contribution < 1.29 is 0 Å². The normalized spacial score (nSPS) is 20.9. The molecule has 2 spiro atoms. The molecule has 0 amide bonds. The molecule has 10 rings (SSSR count). The van der Waals surface area contributed by atoms with Crippen LogP contribution in [0.15, 0.2) is 140 Å². The second-order valence-electron chi connectivity index (χ2n) is 15.3. The Morgan fingerprint density at radius 1 is 0.440 bits per heavy atom. The Kier molecular flexibility index (Phi) is 7.01. The van der Waals surface area contributed by atoms with Gasteiger partial charge in [-0.25, -0.2) is 0 Å². The second kappa shape index (κ2) is 11.8. The molecule has 0 saturated heterocycles. The van der Waals surface area contributed by atoms with Gasteiger partial charge in [0, 0.05) is 39.1 Å². The molecule has 4 aliphatic carbocycles. The summed E-state index contributed by atoms with van der Waals surface area (Å²) < 4.78 is 0. The third-order valence-electron chi connectivity index (χ3n) is 12.7. The highest BCUT2D eigenvalue weighted by atomic mass is 14.9. The summed E-state index contributed by atoms with van der Waals surface area (Å²) in [6.07, 6.45) is 11.4. The number of benzene rings is 6. The molecule has 6 aromatic rings. The molecule has 2 saturated carbocycles. The van der Waals surface area contributed by atoms with Gasteiger partial charge in [0.2, 0.25) is 0 Å². The maximum Gasteiger partial charge on any atom is 0.0467 e. The molecule has 2 N–H and O–H groups in total. The minimum absolute atomic E-state index is 0.0382. The zero-order chi connectivity index (χ0) is 33.1. The van der Waals surface area contributed by atoms with E-state index in [1.54, 1.807) is 11.1 Å². The predicted octanol–water partition coefficient (Wildman–Crippen LogP) is 13.0. The van der Waals surface area contributed by atoms with Crippen molar-refractivity contribution in [3.8, 4) is 22.3 Å². The monoisotopic (exact) mass is 648 g/mol. The standard InChI is InChI=1S/C48H44N2/c1-3-14-35(15-4-1)50-45-21-11-20-44-46(45)39-17-6-8-19-42(39)48(44)30-12-13-34(32-48)33-22-24-36(25-23-33)49-37-26-27-43-40(31-37)38-16-5-7-18-41(38)47(43)28-9-2-10-29-47/h1,3-8,11,14-27,31,34,49-50H,2,9-10,12-13,28-30,32H2. The fourth-order valence-electron chi connectivity index (χ4n) is 10.6. The molecule has 4 aliphatic rings. The highest BCUT2D eigenvalue weighted by molar-refractivity contribution is 5.91. The van der Waals surface area contributed by atoms with E-state index in [1.807, 2.05) is 0 Å². The summed E-state index contributed by atoms with van der Waals surface area (Å²) in [6.45, 7) is 0. The van der Waals surface area contributed by atoms with Crippen LogP contribution in [-0.4, -0.2) is 0 Å². The van der Waals surface area contributed by atoms with Crippen LogP contribution >= 0.6 is 0 Å². The lowest BCUT2D eigenvalue weighted by atomic mass is 9.63. The number of para-hydroxylation sites is 1. The molecular weight excluding hydrogens is 605 g/mol. The summed E-state index contributed by atoms with van der Waals surface area (Å²) in [5.41, 5.74) is 18.1. The third-order valence-corrected chi connectivity index (χ3v) is 12.7. The van der Waals surface area contributed by atoms with Gasteiger partial charge in [0.05, 0.1) is 0 Å². The van der Waals surface area contributed by atoms with Crippen molar-refractivity contribution in [3.63, 3.8) is 0 Å². The highest BCUT2D eigenvalue weighted by Crippen LogP contribution is 2.60. The average molecular weight is 649 g/mol. The first-order chi connectivity index (χ1) is 24.7. The van der Waals surface area contributed by atoms with E-state index >= 15 is 0 Å². The SMILES string of the molecule is c1ccc(Nc2cccc3c2-c2ccccc2C32CCCC(c3ccc(Nc4ccc5c(c4)-c4ccccc4C54CCCCC4)cc3)C2)cc1. The van der Waals surface area contributed by atoms with Gasteiger partial charge in [-0.2, -0.15) is 0 Å². The van der Waals surface area contributed by atoms with Gasteiger partial charge >= 0.3 is 0 Å². The van der Waals surface area contributed by atoms with Crippen molar-refractivity contribution in [2.75, 3.05) is 10.6 Å². The van der Waals surface area contributed by atoms with Gasteiger partial charge in [0.1, 0.15) is 0 Å². The first-order valence-corrected chi connectivity index (χ1v) is 18.9. The molecule has 0 heterocycles. The van der Waals surface area contributed by atoms with E-state index in [1.165, 1.54) is 102 Å². The Morgan fingerprint density at radius 2 is 1.08 bits per heavy atom. The van der Waals surface area contributed by atoms with Crippen molar-refractivity contribution in [1.82, 2.24) is 0 Å². The van der Waals surface area contributed by atoms with E-state index in [0.29, 0.717) is 5.92 Å². The molecule has 2 atom stereocenters. The van der Waals surface area contributed by atoms with Gasteiger partial charge in [-0.05, 0) is 125 Å². The number of rotatable bonds is 5. The van der Waals surface area contributed by atoms with Crippen molar-refractivity contribution in [1.29, 1.82) is 0 Å². The van der Waals surface area contributed by atoms with Gasteiger partial charge in [-0.15, -0.1) is 0 Å². The lowest BCUT2D eigenvalue weighted by Gasteiger charge is -2.40. The number of hydrogen-bond acceptors (Lipinski definition) is 2. The minimum Gasteiger partial charge on any atom is -0.356 e. The van der Waals surface area contributed by atoms with Crippen LogP contribution in [0.25, 0.3) is 22.3 Å². The van der Waals surface area contributed by atoms with Gasteiger partial charge in [0.15, 0.2) is 0 Å². The molecule has 6 aromatic carbocycles. The number of hydrogen-bond donors (Lipinski definition) is 2. The van der Waals surface area contributed by atoms with Gasteiger partial charge in [0.25, 0.3) is 0 Å². The summed E-state index contributed by atoms with van der Waals surface area (Å²) in [4.78, 5) is 0. The van der Waals surface area contributed by atoms with Crippen LogP contribution in [0, 0.1) is 0 Å². The first-order valence-electron chi connectivity index (χ1n) is 18.9. The van der Waals surface area contributed by atoms with Gasteiger partial charge in [-0.3, -0.25) is 0 Å². The minimum atomic E-state index is 0.0382. The Morgan fingerprint density at radius 3 is 1.90 bits per heavy atom. The van der Waals surface area contributed by atoms with Crippen LogP contribution in [0.5, 0.6) is 0 Å². The van der Waals surface area contributed by atoms with E-state index in [9.17, 15) is 0 Å². The van der Waals surface area contributed by atoms with E-state index in [2.05, 4.69) is 150 Å². The molecule has 0 radical (unpaired) electrons.